The van der Waals surface area contributed by atoms with Crippen LogP contribution in [-0.2, 0) is 6.54 Å². The molecule has 1 aliphatic rings. The zero-order valence-electron chi connectivity index (χ0n) is 14.8. The molecular weight excluding hydrogens is 362 g/mol. The molecule has 0 aliphatic heterocycles. The van der Waals surface area contributed by atoms with Crippen LogP contribution < -0.4 is 5.56 Å². The summed E-state index contributed by atoms with van der Waals surface area (Å²) in [6.45, 7) is 0.259. The Morgan fingerprint density at radius 3 is 2.59 bits per heavy atom. The molecule has 1 aliphatic carbocycles. The van der Waals surface area contributed by atoms with Crippen molar-refractivity contribution in [3.63, 3.8) is 0 Å². The van der Waals surface area contributed by atoms with E-state index in [1.807, 2.05) is 24.3 Å². The molecule has 5 nitrogen and oxygen atoms in total. The quantitative estimate of drug-likeness (QED) is 0.737. The van der Waals surface area contributed by atoms with E-state index in [1.165, 1.54) is 0 Å². The highest BCUT2D eigenvalue weighted by Crippen LogP contribution is 2.27. The molecular formula is C21H20ClN3O2. The molecule has 27 heavy (non-hydrogen) atoms. The minimum atomic E-state index is -0.188. The molecule has 1 saturated carbocycles. The molecule has 1 heterocycles. The number of nitrogens with one attached hydrogen (secondary N) is 1. The first-order chi connectivity index (χ1) is 13.1. The van der Waals surface area contributed by atoms with Crippen LogP contribution in [0.15, 0.2) is 53.3 Å². The maximum Gasteiger partial charge on any atom is 0.258 e. The van der Waals surface area contributed by atoms with Crippen molar-refractivity contribution in [2.45, 2.75) is 38.3 Å². The monoisotopic (exact) mass is 381 g/mol. The van der Waals surface area contributed by atoms with E-state index < -0.39 is 0 Å². The number of rotatable bonds is 4. The van der Waals surface area contributed by atoms with Crippen LogP contribution in [0.4, 0.5) is 0 Å². The van der Waals surface area contributed by atoms with Crippen LogP contribution in [0, 0.1) is 0 Å². The minimum Gasteiger partial charge on any atom is -0.328 e. The fourth-order valence-electron chi connectivity index (χ4n) is 3.74. The molecule has 0 saturated heterocycles. The maximum atomic E-state index is 13.2. The number of hydrogen-bond acceptors (Lipinski definition) is 3. The summed E-state index contributed by atoms with van der Waals surface area (Å²) >= 11 is 6.26. The highest BCUT2D eigenvalue weighted by atomic mass is 35.5. The SMILES string of the molecule is O=C(c1ccccc1Cl)N(Cc1nc2ccccc2c(=O)[nH]1)C1CCCC1. The molecule has 0 atom stereocenters. The number of hydrogen-bond donors (Lipinski definition) is 1. The lowest BCUT2D eigenvalue weighted by Crippen LogP contribution is -2.39. The molecule has 1 amide bonds. The zero-order valence-corrected chi connectivity index (χ0v) is 15.6. The number of nitrogens with zero attached hydrogens (tertiary/aromatic N) is 2. The summed E-state index contributed by atoms with van der Waals surface area (Å²) in [4.78, 5) is 34.8. The summed E-state index contributed by atoms with van der Waals surface area (Å²) < 4.78 is 0. The van der Waals surface area contributed by atoms with Gasteiger partial charge in [-0.05, 0) is 37.1 Å². The Kier molecular flexibility index (Phi) is 4.94. The third-order valence-electron chi connectivity index (χ3n) is 5.11. The van der Waals surface area contributed by atoms with E-state index in [0.29, 0.717) is 27.3 Å². The van der Waals surface area contributed by atoms with Gasteiger partial charge in [-0.25, -0.2) is 4.98 Å². The number of fused-ring (bicyclic) bond motifs is 1. The van der Waals surface area contributed by atoms with Gasteiger partial charge in [-0.3, -0.25) is 9.59 Å². The van der Waals surface area contributed by atoms with Gasteiger partial charge in [0.2, 0.25) is 0 Å². The van der Waals surface area contributed by atoms with Crippen LogP contribution in [0.25, 0.3) is 10.9 Å². The second-order valence-electron chi connectivity index (χ2n) is 6.88. The summed E-state index contributed by atoms with van der Waals surface area (Å²) in [5.41, 5.74) is 0.925. The third kappa shape index (κ3) is 3.60. The number of aromatic nitrogens is 2. The van der Waals surface area contributed by atoms with Gasteiger partial charge in [-0.2, -0.15) is 0 Å². The van der Waals surface area contributed by atoms with Crippen LogP contribution in [0.5, 0.6) is 0 Å². The number of carbonyl (C=O) groups excluding carboxylic acids is 1. The fraction of sp³-hybridized carbons (Fsp3) is 0.286. The topological polar surface area (TPSA) is 66.1 Å². The molecule has 1 N–H and O–H groups in total. The predicted molar refractivity (Wildman–Crippen MR) is 106 cm³/mol. The Balaban J connectivity index is 1.71. The number of aromatic amines is 1. The Labute approximate surface area is 162 Å². The van der Waals surface area contributed by atoms with Gasteiger partial charge in [-0.15, -0.1) is 0 Å². The van der Waals surface area contributed by atoms with Crippen molar-refractivity contribution < 1.29 is 4.79 Å². The summed E-state index contributed by atoms with van der Waals surface area (Å²) in [5.74, 6) is 0.370. The van der Waals surface area contributed by atoms with Gasteiger partial charge in [0, 0.05) is 6.04 Å². The number of H-pyrrole nitrogens is 1. The minimum absolute atomic E-state index is 0.122. The van der Waals surface area contributed by atoms with Crippen molar-refractivity contribution in [3.8, 4) is 0 Å². The summed E-state index contributed by atoms with van der Waals surface area (Å²) in [5, 5.41) is 0.983. The standard InChI is InChI=1S/C21H20ClN3O2/c22-17-11-5-3-9-15(17)21(27)25(14-7-1-2-8-14)13-19-23-18-12-6-4-10-16(18)20(26)24-19/h3-6,9-12,14H,1-2,7-8,13H2,(H,23,24,26). The molecule has 138 valence electrons. The van der Waals surface area contributed by atoms with E-state index in [0.717, 1.165) is 25.7 Å². The smallest absolute Gasteiger partial charge is 0.258 e. The zero-order chi connectivity index (χ0) is 18.8. The first kappa shape index (κ1) is 17.7. The van der Waals surface area contributed by atoms with E-state index in [-0.39, 0.29) is 24.1 Å². The third-order valence-corrected chi connectivity index (χ3v) is 5.44. The van der Waals surface area contributed by atoms with Gasteiger partial charge >= 0.3 is 0 Å². The van der Waals surface area contributed by atoms with Crippen molar-refractivity contribution in [1.29, 1.82) is 0 Å². The van der Waals surface area contributed by atoms with Crippen molar-refractivity contribution in [2.75, 3.05) is 0 Å². The number of benzene rings is 2. The second kappa shape index (κ2) is 7.53. The average Bonchev–Trinajstić information content (AvgIpc) is 3.20. The molecule has 2 aromatic carbocycles. The highest BCUT2D eigenvalue weighted by Gasteiger charge is 2.29. The van der Waals surface area contributed by atoms with Crippen molar-refractivity contribution >= 4 is 28.4 Å². The Morgan fingerprint density at radius 1 is 1.11 bits per heavy atom. The Morgan fingerprint density at radius 2 is 1.81 bits per heavy atom. The van der Waals surface area contributed by atoms with Crippen LogP contribution in [0.2, 0.25) is 5.02 Å². The van der Waals surface area contributed by atoms with Crippen LogP contribution in [-0.4, -0.2) is 26.8 Å². The van der Waals surface area contributed by atoms with E-state index >= 15 is 0 Å². The lowest BCUT2D eigenvalue weighted by Gasteiger charge is -2.29. The van der Waals surface area contributed by atoms with Crippen LogP contribution >= 0.6 is 11.6 Å². The van der Waals surface area contributed by atoms with Crippen molar-refractivity contribution in [3.05, 3.63) is 75.3 Å². The normalized spacial score (nSPS) is 14.6. The molecule has 3 aromatic rings. The van der Waals surface area contributed by atoms with Crippen molar-refractivity contribution in [1.82, 2.24) is 14.9 Å². The number of amides is 1. The molecule has 0 bridgehead atoms. The van der Waals surface area contributed by atoms with Crippen LogP contribution in [0.1, 0.15) is 41.9 Å². The molecule has 0 spiro atoms. The molecule has 1 aromatic heterocycles. The van der Waals surface area contributed by atoms with Crippen molar-refractivity contribution in [2.24, 2.45) is 0 Å². The summed E-state index contributed by atoms with van der Waals surface area (Å²) in [6, 6.07) is 14.4. The molecule has 4 rings (SSSR count). The Hall–Kier alpha value is -2.66. The van der Waals surface area contributed by atoms with E-state index in [9.17, 15) is 9.59 Å². The van der Waals surface area contributed by atoms with Crippen LogP contribution in [0.3, 0.4) is 0 Å². The summed E-state index contributed by atoms with van der Waals surface area (Å²) in [6.07, 6.45) is 4.10. The fourth-order valence-corrected chi connectivity index (χ4v) is 3.96. The van der Waals surface area contributed by atoms with E-state index in [4.69, 9.17) is 11.6 Å². The number of carbonyl (C=O) groups is 1. The number of para-hydroxylation sites is 1. The largest absolute Gasteiger partial charge is 0.328 e. The first-order valence-corrected chi connectivity index (χ1v) is 9.55. The lowest BCUT2D eigenvalue weighted by atomic mass is 10.1. The molecule has 1 fully saturated rings. The lowest BCUT2D eigenvalue weighted by molar-refractivity contribution is 0.0659. The molecule has 0 unspecified atom stereocenters. The van der Waals surface area contributed by atoms with Gasteiger partial charge in [0.25, 0.3) is 11.5 Å². The molecule has 0 radical (unpaired) electrons. The van der Waals surface area contributed by atoms with Gasteiger partial charge in [0.1, 0.15) is 5.82 Å². The second-order valence-corrected chi connectivity index (χ2v) is 7.29. The van der Waals surface area contributed by atoms with E-state index in [2.05, 4.69) is 9.97 Å². The van der Waals surface area contributed by atoms with Gasteiger partial charge in [-0.1, -0.05) is 48.7 Å². The highest BCUT2D eigenvalue weighted by molar-refractivity contribution is 6.33. The van der Waals surface area contributed by atoms with Gasteiger partial charge in [0.05, 0.1) is 28.0 Å². The molecule has 6 heteroatoms. The van der Waals surface area contributed by atoms with E-state index in [1.54, 1.807) is 29.2 Å². The van der Waals surface area contributed by atoms with Gasteiger partial charge in [0.15, 0.2) is 0 Å². The number of halogens is 1. The Bertz CT molecular complexity index is 1040. The predicted octanol–water partition coefficient (Wildman–Crippen LogP) is 4.16. The maximum absolute atomic E-state index is 13.2. The first-order valence-electron chi connectivity index (χ1n) is 9.17. The average molecular weight is 382 g/mol. The van der Waals surface area contributed by atoms with Gasteiger partial charge < -0.3 is 9.88 Å². The summed E-state index contributed by atoms with van der Waals surface area (Å²) in [7, 11) is 0.